The second-order valence-electron chi connectivity index (χ2n) is 1.82. The molecule has 0 unspecified atom stereocenters. The van der Waals surface area contributed by atoms with Crippen molar-refractivity contribution in [1.29, 1.82) is 0 Å². The van der Waals surface area contributed by atoms with Gasteiger partial charge in [-0.3, -0.25) is 4.98 Å². The topological polar surface area (TPSA) is 12.9 Å². The van der Waals surface area contributed by atoms with Crippen molar-refractivity contribution >= 4 is 0 Å². The van der Waals surface area contributed by atoms with E-state index in [2.05, 4.69) is 4.98 Å². The molecule has 1 rings (SSSR count). The lowest BCUT2D eigenvalue weighted by atomic mass is 10.3. The molecule has 0 aliphatic heterocycles. The van der Waals surface area contributed by atoms with Crippen LogP contribution in [-0.4, -0.2) is 4.98 Å². The van der Waals surface area contributed by atoms with Crippen LogP contribution in [0, 0.1) is 5.82 Å². The highest BCUT2D eigenvalue weighted by Crippen LogP contribution is 1.98. The van der Waals surface area contributed by atoms with Crippen LogP contribution in [0.4, 0.5) is 4.39 Å². The lowest BCUT2D eigenvalue weighted by Crippen LogP contribution is -1.85. The van der Waals surface area contributed by atoms with Crippen molar-refractivity contribution in [3.63, 3.8) is 0 Å². The van der Waals surface area contributed by atoms with Crippen LogP contribution < -0.4 is 0 Å². The van der Waals surface area contributed by atoms with Gasteiger partial charge in [0.1, 0.15) is 5.82 Å². The molecule has 0 amide bonds. The molecule has 0 aliphatic carbocycles. The minimum atomic E-state index is -0.207. The van der Waals surface area contributed by atoms with Gasteiger partial charge in [0.25, 0.3) is 0 Å². The Bertz CT molecular complexity index is 198. The van der Waals surface area contributed by atoms with Gasteiger partial charge in [0.2, 0.25) is 0 Å². The lowest BCUT2D eigenvalue weighted by Gasteiger charge is -1.91. The van der Waals surface area contributed by atoms with Gasteiger partial charge in [-0.2, -0.15) is 0 Å². The molecule has 1 nitrogen and oxygen atoms in total. The lowest BCUT2D eigenvalue weighted by molar-refractivity contribution is 0.622. The molecule has 0 atom stereocenters. The van der Waals surface area contributed by atoms with E-state index < -0.39 is 0 Å². The molecule has 0 aromatic carbocycles. The smallest absolute Gasteiger partial charge is 0.126 e. The Morgan fingerprint density at radius 1 is 1.67 bits per heavy atom. The second-order valence-corrected chi connectivity index (χ2v) is 1.82. The van der Waals surface area contributed by atoms with Crippen LogP contribution in [0.1, 0.15) is 12.6 Å². The van der Waals surface area contributed by atoms with E-state index in [0.29, 0.717) is 0 Å². The highest BCUT2D eigenvalue weighted by Gasteiger charge is 1.90. The molecule has 48 valence electrons. The van der Waals surface area contributed by atoms with Crippen molar-refractivity contribution < 1.29 is 4.39 Å². The average molecular weight is 125 g/mol. The van der Waals surface area contributed by atoms with Crippen molar-refractivity contribution in [2.24, 2.45) is 0 Å². The van der Waals surface area contributed by atoms with Crippen molar-refractivity contribution in [2.75, 3.05) is 0 Å². The molecule has 0 radical (unpaired) electrons. The molecule has 1 aromatic heterocycles. The summed E-state index contributed by atoms with van der Waals surface area (Å²) in [6.45, 7) is 1.95. The highest BCUT2D eigenvalue weighted by atomic mass is 19.1. The molecule has 1 aromatic rings. The van der Waals surface area contributed by atoms with Gasteiger partial charge in [-0.1, -0.05) is 6.92 Å². The van der Waals surface area contributed by atoms with E-state index in [1.165, 1.54) is 18.3 Å². The molecule has 0 bridgehead atoms. The maximum Gasteiger partial charge on any atom is 0.126 e. The monoisotopic (exact) mass is 125 g/mol. The molecular formula is C7H8FN. The summed E-state index contributed by atoms with van der Waals surface area (Å²) in [6.07, 6.45) is 2.27. The standard InChI is InChI=1S/C7H8FN/c1-2-7-5-6(8)3-4-9-7/h3-5H,2H2,1H3. The number of nitrogens with zero attached hydrogens (tertiary/aromatic N) is 1. The second kappa shape index (κ2) is 2.58. The first-order chi connectivity index (χ1) is 4.33. The highest BCUT2D eigenvalue weighted by molar-refractivity contribution is 5.05. The van der Waals surface area contributed by atoms with E-state index in [4.69, 9.17) is 0 Å². The van der Waals surface area contributed by atoms with E-state index in [9.17, 15) is 4.39 Å². The summed E-state index contributed by atoms with van der Waals surface area (Å²) in [4.78, 5) is 3.92. The first kappa shape index (κ1) is 6.20. The Hall–Kier alpha value is -0.920. The summed E-state index contributed by atoms with van der Waals surface area (Å²) in [6, 6.07) is 2.79. The molecule has 9 heavy (non-hydrogen) atoms. The van der Waals surface area contributed by atoms with Crippen molar-refractivity contribution in [1.82, 2.24) is 4.98 Å². The minimum absolute atomic E-state index is 0.207. The van der Waals surface area contributed by atoms with E-state index in [0.717, 1.165) is 12.1 Å². The number of aromatic nitrogens is 1. The zero-order valence-electron chi connectivity index (χ0n) is 5.26. The molecule has 2 heteroatoms. The molecule has 0 saturated heterocycles. The van der Waals surface area contributed by atoms with Crippen LogP contribution in [0.5, 0.6) is 0 Å². The van der Waals surface area contributed by atoms with Crippen molar-refractivity contribution in [3.05, 3.63) is 29.8 Å². The van der Waals surface area contributed by atoms with Gasteiger partial charge >= 0.3 is 0 Å². The quantitative estimate of drug-likeness (QED) is 0.557. The van der Waals surface area contributed by atoms with E-state index in [1.54, 1.807) is 0 Å². The zero-order chi connectivity index (χ0) is 6.69. The average Bonchev–Trinajstić information content (AvgIpc) is 1.88. The summed E-state index contributed by atoms with van der Waals surface area (Å²) in [5.74, 6) is -0.207. The first-order valence-electron chi connectivity index (χ1n) is 2.93. The molecule has 0 N–H and O–H groups in total. The van der Waals surface area contributed by atoms with Crippen molar-refractivity contribution in [2.45, 2.75) is 13.3 Å². The third-order valence-corrected chi connectivity index (χ3v) is 1.14. The van der Waals surface area contributed by atoms with Crippen LogP contribution in [0.15, 0.2) is 18.3 Å². The SMILES string of the molecule is CCc1cc(F)ccn1. The van der Waals surface area contributed by atoms with Crippen LogP contribution in [0.3, 0.4) is 0 Å². The van der Waals surface area contributed by atoms with E-state index in [1.807, 2.05) is 6.92 Å². The fourth-order valence-corrected chi connectivity index (χ4v) is 0.642. The molecule has 0 aliphatic rings. The van der Waals surface area contributed by atoms with Gasteiger partial charge in [-0.25, -0.2) is 4.39 Å². The van der Waals surface area contributed by atoms with Gasteiger partial charge in [0.05, 0.1) is 0 Å². The van der Waals surface area contributed by atoms with Crippen LogP contribution >= 0.6 is 0 Å². The Labute approximate surface area is 53.5 Å². The zero-order valence-corrected chi connectivity index (χ0v) is 5.26. The molecule has 0 fully saturated rings. The molecule has 0 spiro atoms. The van der Waals surface area contributed by atoms with Gasteiger partial charge in [-0.15, -0.1) is 0 Å². The minimum Gasteiger partial charge on any atom is -0.261 e. The maximum absolute atomic E-state index is 12.3. The van der Waals surface area contributed by atoms with Crippen LogP contribution in [-0.2, 0) is 6.42 Å². The Morgan fingerprint density at radius 3 is 2.89 bits per heavy atom. The fraction of sp³-hybridized carbons (Fsp3) is 0.286. The summed E-state index contributed by atoms with van der Waals surface area (Å²) in [7, 11) is 0. The Morgan fingerprint density at radius 2 is 2.44 bits per heavy atom. The van der Waals surface area contributed by atoms with Gasteiger partial charge in [0.15, 0.2) is 0 Å². The third-order valence-electron chi connectivity index (χ3n) is 1.14. The summed E-state index contributed by atoms with van der Waals surface area (Å²) < 4.78 is 12.3. The van der Waals surface area contributed by atoms with Crippen molar-refractivity contribution in [3.8, 4) is 0 Å². The fourth-order valence-electron chi connectivity index (χ4n) is 0.642. The predicted molar refractivity (Wildman–Crippen MR) is 33.6 cm³/mol. The third kappa shape index (κ3) is 1.49. The number of aryl methyl sites for hydroxylation is 1. The summed E-state index contributed by atoms with van der Waals surface area (Å²) in [5.41, 5.74) is 0.801. The van der Waals surface area contributed by atoms with Gasteiger partial charge in [0, 0.05) is 11.9 Å². The number of rotatable bonds is 1. The molecule has 1 heterocycles. The number of hydrogen-bond acceptors (Lipinski definition) is 1. The Balaban J connectivity index is 2.94. The molecular weight excluding hydrogens is 117 g/mol. The maximum atomic E-state index is 12.3. The van der Waals surface area contributed by atoms with Crippen LogP contribution in [0.2, 0.25) is 0 Å². The van der Waals surface area contributed by atoms with E-state index >= 15 is 0 Å². The number of hydrogen-bond donors (Lipinski definition) is 0. The van der Waals surface area contributed by atoms with Gasteiger partial charge < -0.3 is 0 Å². The normalized spacial score (nSPS) is 9.56. The summed E-state index contributed by atoms with van der Waals surface area (Å²) in [5, 5.41) is 0. The summed E-state index contributed by atoms with van der Waals surface area (Å²) >= 11 is 0. The van der Waals surface area contributed by atoms with Gasteiger partial charge in [-0.05, 0) is 18.6 Å². The largest absolute Gasteiger partial charge is 0.261 e. The first-order valence-corrected chi connectivity index (χ1v) is 2.93. The predicted octanol–water partition coefficient (Wildman–Crippen LogP) is 1.78. The number of halogens is 1. The molecule has 0 saturated carbocycles. The Kier molecular flexibility index (Phi) is 1.78. The van der Waals surface area contributed by atoms with E-state index in [-0.39, 0.29) is 5.82 Å². The number of pyridine rings is 1. The van der Waals surface area contributed by atoms with Crippen LogP contribution in [0.25, 0.3) is 0 Å².